The van der Waals surface area contributed by atoms with Crippen LogP contribution in [0.25, 0.3) is 0 Å². The van der Waals surface area contributed by atoms with Gasteiger partial charge in [-0.3, -0.25) is 4.79 Å². The van der Waals surface area contributed by atoms with E-state index in [9.17, 15) is 19.1 Å². The van der Waals surface area contributed by atoms with E-state index in [1.165, 1.54) is 49.5 Å². The van der Waals surface area contributed by atoms with Crippen LogP contribution in [0.15, 0.2) is 54.6 Å². The van der Waals surface area contributed by atoms with Crippen molar-refractivity contribution in [1.29, 1.82) is 0 Å². The van der Waals surface area contributed by atoms with Gasteiger partial charge >= 0.3 is 0 Å². The first-order valence-electron chi connectivity index (χ1n) is 9.74. The van der Waals surface area contributed by atoms with E-state index in [2.05, 4.69) is 0 Å². The van der Waals surface area contributed by atoms with Crippen molar-refractivity contribution in [1.82, 2.24) is 0 Å². The number of nitrogens with zero attached hydrogens (tertiary/aromatic N) is 1. The summed E-state index contributed by atoms with van der Waals surface area (Å²) in [6, 6.07) is 12.7. The van der Waals surface area contributed by atoms with Crippen LogP contribution in [0.5, 0.6) is 11.5 Å². The highest BCUT2D eigenvalue weighted by Gasteiger charge is 2.52. The minimum atomic E-state index is -1.94. The summed E-state index contributed by atoms with van der Waals surface area (Å²) in [6.45, 7) is 0.0525. The average molecular weight is 489 g/mol. The molecule has 0 spiro atoms. The number of carbonyl (C=O) groups excluding carboxylic acids is 2. The molecule has 9 heteroatoms. The number of hydrogen-bond acceptors (Lipinski definition) is 5. The summed E-state index contributed by atoms with van der Waals surface area (Å²) < 4.78 is 24.9. The van der Waals surface area contributed by atoms with E-state index in [1.54, 1.807) is 18.2 Å². The minimum absolute atomic E-state index is 0.0218. The molecule has 0 fully saturated rings. The highest BCUT2D eigenvalue weighted by Crippen LogP contribution is 2.51. The molecule has 3 aromatic carbocycles. The van der Waals surface area contributed by atoms with Crippen molar-refractivity contribution in [2.45, 2.75) is 11.4 Å². The third-order valence-electron chi connectivity index (χ3n) is 5.56. The van der Waals surface area contributed by atoms with Crippen molar-refractivity contribution in [2.24, 2.45) is 0 Å². The van der Waals surface area contributed by atoms with Gasteiger partial charge in [-0.25, -0.2) is 4.39 Å². The second-order valence-electron chi connectivity index (χ2n) is 7.37. The highest BCUT2D eigenvalue weighted by atomic mass is 35.5. The van der Waals surface area contributed by atoms with Crippen LogP contribution in [0, 0.1) is 5.82 Å². The van der Waals surface area contributed by atoms with Crippen LogP contribution in [-0.4, -0.2) is 26.1 Å². The molecule has 0 N–H and O–H groups in total. The van der Waals surface area contributed by atoms with Crippen molar-refractivity contribution in [3.8, 4) is 11.5 Å². The number of carboxylic acid groups (broad SMARTS) is 1. The number of hydrogen-bond donors (Lipinski definition) is 0. The Bertz CT molecular complexity index is 1280. The number of benzene rings is 3. The number of carbonyl (C=O) groups is 2. The van der Waals surface area contributed by atoms with E-state index < -0.39 is 22.6 Å². The normalized spacial score (nSPS) is 17.1. The summed E-state index contributed by atoms with van der Waals surface area (Å²) in [5.41, 5.74) is 0.977. The fourth-order valence-electron chi connectivity index (χ4n) is 3.92. The smallest absolute Gasteiger partial charge is 0.257 e. The van der Waals surface area contributed by atoms with E-state index in [-0.39, 0.29) is 28.3 Å². The number of anilines is 1. The van der Waals surface area contributed by atoms with E-state index >= 15 is 0 Å². The number of carboxylic acids is 1. The predicted molar refractivity (Wildman–Crippen MR) is 120 cm³/mol. The Morgan fingerprint density at radius 1 is 1.06 bits per heavy atom. The van der Waals surface area contributed by atoms with Gasteiger partial charge in [0.15, 0.2) is 4.87 Å². The van der Waals surface area contributed by atoms with Gasteiger partial charge in [0.2, 0.25) is 0 Å². The Kier molecular flexibility index (Phi) is 5.95. The molecule has 1 atom stereocenters. The van der Waals surface area contributed by atoms with E-state index in [0.29, 0.717) is 22.7 Å². The monoisotopic (exact) mass is 488 g/mol. The zero-order valence-corrected chi connectivity index (χ0v) is 19.0. The van der Waals surface area contributed by atoms with Gasteiger partial charge in [-0.05, 0) is 48.0 Å². The van der Waals surface area contributed by atoms with Crippen molar-refractivity contribution >= 4 is 40.8 Å². The Morgan fingerprint density at radius 3 is 2.48 bits per heavy atom. The quantitative estimate of drug-likeness (QED) is 0.491. The maximum Gasteiger partial charge on any atom is 0.257 e. The molecular formula is C24H17Cl2FNO5-. The van der Waals surface area contributed by atoms with Crippen LogP contribution in [0.2, 0.25) is 5.02 Å². The third-order valence-corrected chi connectivity index (χ3v) is 6.45. The molecule has 0 saturated heterocycles. The lowest BCUT2D eigenvalue weighted by Crippen LogP contribution is -2.37. The van der Waals surface area contributed by atoms with Gasteiger partial charge in [-0.2, -0.15) is 0 Å². The molecule has 0 saturated carbocycles. The second-order valence-corrected chi connectivity index (χ2v) is 8.35. The van der Waals surface area contributed by atoms with Crippen LogP contribution in [0.4, 0.5) is 10.1 Å². The van der Waals surface area contributed by atoms with Crippen LogP contribution < -0.4 is 19.5 Å². The zero-order chi connectivity index (χ0) is 23.9. The lowest BCUT2D eigenvalue weighted by molar-refractivity contribution is -0.255. The number of methoxy groups -OCH3 is 2. The molecule has 0 radical (unpaired) electrons. The van der Waals surface area contributed by atoms with Gasteiger partial charge in [-0.15, -0.1) is 0 Å². The summed E-state index contributed by atoms with van der Waals surface area (Å²) in [4.78, 5) is 24.6. The van der Waals surface area contributed by atoms with Crippen LogP contribution in [0.1, 0.15) is 27.0 Å². The van der Waals surface area contributed by atoms with Crippen molar-refractivity contribution in [3.05, 3.63) is 87.7 Å². The SMILES string of the molecule is COc1ccc(CN2C(=O)C(Cl)(c3cc(C(=O)[O-])ccc3Cl)c3cc(F)ccc32)c(OC)c1. The summed E-state index contributed by atoms with van der Waals surface area (Å²) in [5, 5.41) is 11.5. The maximum absolute atomic E-state index is 14.3. The van der Waals surface area contributed by atoms with Gasteiger partial charge in [0.25, 0.3) is 5.91 Å². The molecule has 1 heterocycles. The van der Waals surface area contributed by atoms with Gasteiger partial charge in [0, 0.05) is 27.8 Å². The van der Waals surface area contributed by atoms with Crippen LogP contribution in [-0.2, 0) is 16.2 Å². The third kappa shape index (κ3) is 3.77. The topological polar surface area (TPSA) is 78.9 Å². The van der Waals surface area contributed by atoms with Gasteiger partial charge < -0.3 is 24.3 Å². The maximum atomic E-state index is 14.3. The Morgan fingerprint density at radius 2 is 1.82 bits per heavy atom. The fourth-order valence-corrected chi connectivity index (χ4v) is 4.63. The molecule has 33 heavy (non-hydrogen) atoms. The Balaban J connectivity index is 1.87. The number of halogens is 3. The molecule has 1 aliphatic heterocycles. The lowest BCUT2D eigenvalue weighted by atomic mass is 9.90. The first kappa shape index (κ1) is 22.9. The number of aromatic carboxylic acids is 1. The molecule has 6 nitrogen and oxygen atoms in total. The summed E-state index contributed by atoms with van der Waals surface area (Å²) in [6.07, 6.45) is 0. The molecule has 1 aliphatic rings. The summed E-state index contributed by atoms with van der Waals surface area (Å²) in [7, 11) is 3.01. The number of rotatable bonds is 6. The standard InChI is InChI=1S/C24H18Cl2FNO5/c1-32-16-6-3-14(21(11-16)33-2)12-28-20-8-5-15(27)10-18(20)24(26,23(28)31)17-9-13(22(29)30)4-7-19(17)25/h3-11H,12H2,1-2H3,(H,29,30)/p-1. The van der Waals surface area contributed by atoms with E-state index in [1.807, 2.05) is 0 Å². The lowest BCUT2D eigenvalue weighted by Gasteiger charge is -2.25. The number of amides is 1. The van der Waals surface area contributed by atoms with Crippen molar-refractivity contribution < 1.29 is 28.6 Å². The molecule has 3 aromatic rings. The molecule has 0 bridgehead atoms. The fraction of sp³-hybridized carbons (Fsp3) is 0.167. The molecule has 1 unspecified atom stereocenters. The molecular weight excluding hydrogens is 472 g/mol. The van der Waals surface area contributed by atoms with Crippen molar-refractivity contribution in [2.75, 3.05) is 19.1 Å². The molecule has 170 valence electrons. The predicted octanol–water partition coefficient (Wildman–Crippen LogP) is 3.89. The Labute approximate surface area is 199 Å². The number of fused-ring (bicyclic) bond motifs is 1. The largest absolute Gasteiger partial charge is 0.545 e. The van der Waals surface area contributed by atoms with E-state index in [4.69, 9.17) is 32.7 Å². The van der Waals surface area contributed by atoms with Crippen molar-refractivity contribution in [3.63, 3.8) is 0 Å². The van der Waals surface area contributed by atoms with Gasteiger partial charge in [0.1, 0.15) is 17.3 Å². The molecule has 4 rings (SSSR count). The second kappa shape index (κ2) is 8.57. The van der Waals surface area contributed by atoms with Crippen LogP contribution in [0.3, 0.4) is 0 Å². The van der Waals surface area contributed by atoms with E-state index in [0.717, 1.165) is 6.07 Å². The zero-order valence-electron chi connectivity index (χ0n) is 17.5. The van der Waals surface area contributed by atoms with Crippen LogP contribution >= 0.6 is 23.2 Å². The highest BCUT2D eigenvalue weighted by molar-refractivity contribution is 6.43. The molecule has 1 amide bonds. The Hall–Kier alpha value is -3.29. The summed E-state index contributed by atoms with van der Waals surface area (Å²) in [5.74, 6) is -1.63. The first-order chi connectivity index (χ1) is 15.7. The minimum Gasteiger partial charge on any atom is -0.545 e. The van der Waals surface area contributed by atoms with Gasteiger partial charge in [-0.1, -0.05) is 29.3 Å². The molecule has 0 aliphatic carbocycles. The van der Waals surface area contributed by atoms with Gasteiger partial charge in [0.05, 0.1) is 32.4 Å². The summed E-state index contributed by atoms with van der Waals surface area (Å²) >= 11 is 13.2. The number of ether oxygens (including phenoxy) is 2. The first-order valence-corrected chi connectivity index (χ1v) is 10.5. The average Bonchev–Trinajstić information content (AvgIpc) is 3.01. The molecule has 0 aromatic heterocycles. The number of alkyl halides is 1.